The zero-order chi connectivity index (χ0) is 17.7. The van der Waals surface area contributed by atoms with Gasteiger partial charge in [0.1, 0.15) is 0 Å². The van der Waals surface area contributed by atoms with Crippen LogP contribution in [-0.4, -0.2) is 24.2 Å². The van der Waals surface area contributed by atoms with E-state index in [1.165, 1.54) is 18.9 Å². The number of hydrogen-bond donors (Lipinski definition) is 1. The molecular formula is C19H21NO3S. The largest absolute Gasteiger partial charge is 0.465 e. The van der Waals surface area contributed by atoms with Gasteiger partial charge < -0.3 is 10.1 Å². The van der Waals surface area contributed by atoms with Gasteiger partial charge in [-0.1, -0.05) is 18.2 Å². The van der Waals surface area contributed by atoms with Crippen LogP contribution in [0.2, 0.25) is 0 Å². The van der Waals surface area contributed by atoms with E-state index in [1.54, 1.807) is 6.07 Å². The molecule has 0 bridgehead atoms. The molecule has 24 heavy (non-hydrogen) atoms. The van der Waals surface area contributed by atoms with E-state index in [9.17, 15) is 9.59 Å². The number of ether oxygens (including phenoxy) is 1. The van der Waals surface area contributed by atoms with E-state index in [1.807, 2.05) is 57.2 Å². The van der Waals surface area contributed by atoms with Gasteiger partial charge in [-0.25, -0.2) is 4.79 Å². The van der Waals surface area contributed by atoms with Crippen molar-refractivity contribution in [1.29, 1.82) is 0 Å². The van der Waals surface area contributed by atoms with Gasteiger partial charge in [0.15, 0.2) is 0 Å². The number of esters is 1. The summed E-state index contributed by atoms with van der Waals surface area (Å²) in [6, 6.07) is 13.3. The minimum atomic E-state index is -0.404. The number of methoxy groups -OCH3 is 1. The molecule has 0 aliphatic carbocycles. The monoisotopic (exact) mass is 343 g/mol. The molecule has 0 aliphatic rings. The summed E-state index contributed by atoms with van der Waals surface area (Å²) < 4.78 is 4.80. The Morgan fingerprint density at radius 3 is 2.42 bits per heavy atom. The first-order valence-electron chi connectivity index (χ1n) is 7.64. The second-order valence-corrected chi connectivity index (χ2v) is 6.93. The average molecular weight is 343 g/mol. The molecule has 1 N–H and O–H groups in total. The zero-order valence-electron chi connectivity index (χ0n) is 14.3. The Balaban J connectivity index is 2.13. The Hall–Kier alpha value is -2.27. The van der Waals surface area contributed by atoms with Crippen LogP contribution in [0.4, 0.5) is 5.69 Å². The van der Waals surface area contributed by atoms with Crippen molar-refractivity contribution in [2.24, 2.45) is 0 Å². The Morgan fingerprint density at radius 2 is 1.79 bits per heavy atom. The van der Waals surface area contributed by atoms with Crippen molar-refractivity contribution in [3.63, 3.8) is 0 Å². The van der Waals surface area contributed by atoms with Gasteiger partial charge in [-0.05, 0) is 56.2 Å². The molecule has 1 amide bonds. The first-order valence-corrected chi connectivity index (χ1v) is 8.52. The maximum atomic E-state index is 12.4. The molecule has 0 aliphatic heterocycles. The Labute approximate surface area is 146 Å². The number of thioether (sulfide) groups is 1. The van der Waals surface area contributed by atoms with Crippen molar-refractivity contribution >= 4 is 29.3 Å². The molecule has 2 aromatic rings. The van der Waals surface area contributed by atoms with Gasteiger partial charge in [0.2, 0.25) is 5.91 Å². The van der Waals surface area contributed by atoms with Crippen LogP contribution in [0.25, 0.3) is 0 Å². The Bertz CT molecular complexity index is 744. The predicted molar refractivity (Wildman–Crippen MR) is 97.6 cm³/mol. The Kier molecular flexibility index (Phi) is 6.04. The minimum Gasteiger partial charge on any atom is -0.465 e. The fourth-order valence-electron chi connectivity index (χ4n) is 2.25. The van der Waals surface area contributed by atoms with Crippen molar-refractivity contribution in [2.75, 3.05) is 12.4 Å². The highest BCUT2D eigenvalue weighted by molar-refractivity contribution is 8.00. The molecule has 0 spiro atoms. The number of hydrogen-bond acceptors (Lipinski definition) is 4. The topological polar surface area (TPSA) is 55.4 Å². The van der Waals surface area contributed by atoms with E-state index in [2.05, 4.69) is 5.32 Å². The van der Waals surface area contributed by atoms with Gasteiger partial charge >= 0.3 is 5.97 Å². The molecule has 0 saturated carbocycles. The summed E-state index contributed by atoms with van der Waals surface area (Å²) >= 11 is 1.49. The number of anilines is 1. The third kappa shape index (κ3) is 4.38. The SMILES string of the molecule is COC(=O)c1cc(NC(=O)C(C)Sc2ccccc2)cc(C)c1C. The van der Waals surface area contributed by atoms with Gasteiger partial charge in [0.05, 0.1) is 17.9 Å². The van der Waals surface area contributed by atoms with Crippen LogP contribution >= 0.6 is 11.8 Å². The molecule has 2 rings (SSSR count). The second kappa shape index (κ2) is 8.02. The molecule has 0 aromatic heterocycles. The molecule has 2 aromatic carbocycles. The Morgan fingerprint density at radius 1 is 1.12 bits per heavy atom. The molecular weight excluding hydrogens is 322 g/mol. The first-order chi connectivity index (χ1) is 11.4. The smallest absolute Gasteiger partial charge is 0.338 e. The van der Waals surface area contributed by atoms with Crippen molar-refractivity contribution in [3.8, 4) is 0 Å². The number of rotatable bonds is 5. The number of carbonyl (C=O) groups is 2. The van der Waals surface area contributed by atoms with Crippen LogP contribution < -0.4 is 5.32 Å². The average Bonchev–Trinajstić information content (AvgIpc) is 2.58. The lowest BCUT2D eigenvalue weighted by atomic mass is 10.0. The summed E-state index contributed by atoms with van der Waals surface area (Å²) in [5.74, 6) is -0.513. The van der Waals surface area contributed by atoms with Gasteiger partial charge in [-0.2, -0.15) is 0 Å². The van der Waals surface area contributed by atoms with Crippen molar-refractivity contribution in [3.05, 3.63) is 59.2 Å². The number of amides is 1. The number of aryl methyl sites for hydroxylation is 1. The van der Waals surface area contributed by atoms with Gasteiger partial charge in [-0.15, -0.1) is 11.8 Å². The molecule has 0 fully saturated rings. The molecule has 4 nitrogen and oxygen atoms in total. The summed E-state index contributed by atoms with van der Waals surface area (Å²) in [6.45, 7) is 5.62. The molecule has 1 atom stereocenters. The first kappa shape index (κ1) is 18.1. The normalized spacial score (nSPS) is 11.7. The highest BCUT2D eigenvalue weighted by Gasteiger charge is 2.17. The second-order valence-electron chi connectivity index (χ2n) is 5.52. The zero-order valence-corrected chi connectivity index (χ0v) is 15.1. The molecule has 0 saturated heterocycles. The third-order valence-corrected chi connectivity index (χ3v) is 4.88. The summed E-state index contributed by atoms with van der Waals surface area (Å²) in [4.78, 5) is 25.3. The van der Waals surface area contributed by atoms with E-state index in [-0.39, 0.29) is 11.2 Å². The molecule has 0 radical (unpaired) electrons. The molecule has 5 heteroatoms. The summed E-state index contributed by atoms with van der Waals surface area (Å²) in [6.07, 6.45) is 0. The lowest BCUT2D eigenvalue weighted by Crippen LogP contribution is -2.22. The lowest BCUT2D eigenvalue weighted by molar-refractivity contribution is -0.115. The van der Waals surface area contributed by atoms with Gasteiger partial charge in [0, 0.05) is 10.6 Å². The maximum Gasteiger partial charge on any atom is 0.338 e. The van der Waals surface area contributed by atoms with Crippen LogP contribution in [-0.2, 0) is 9.53 Å². The van der Waals surface area contributed by atoms with Crippen molar-refractivity contribution < 1.29 is 14.3 Å². The maximum absolute atomic E-state index is 12.4. The minimum absolute atomic E-state index is 0.108. The fourth-order valence-corrected chi connectivity index (χ4v) is 3.14. The van der Waals surface area contributed by atoms with Gasteiger partial charge in [0.25, 0.3) is 0 Å². The predicted octanol–water partition coefficient (Wildman–Crippen LogP) is 4.21. The standard InChI is InChI=1S/C19H21NO3S/c1-12-10-15(11-17(13(12)2)19(22)23-4)20-18(21)14(3)24-16-8-6-5-7-9-16/h5-11,14H,1-4H3,(H,20,21). The molecule has 1 unspecified atom stereocenters. The third-order valence-electron chi connectivity index (χ3n) is 3.77. The highest BCUT2D eigenvalue weighted by Crippen LogP contribution is 2.25. The van der Waals surface area contributed by atoms with Crippen LogP contribution in [0.3, 0.4) is 0 Å². The number of carbonyl (C=O) groups excluding carboxylic acids is 2. The summed E-state index contributed by atoms with van der Waals surface area (Å²) in [5.41, 5.74) is 2.85. The summed E-state index contributed by atoms with van der Waals surface area (Å²) in [7, 11) is 1.35. The highest BCUT2D eigenvalue weighted by atomic mass is 32.2. The summed E-state index contributed by atoms with van der Waals surface area (Å²) in [5, 5.41) is 2.63. The van der Waals surface area contributed by atoms with Crippen LogP contribution in [0.15, 0.2) is 47.4 Å². The number of benzene rings is 2. The van der Waals surface area contributed by atoms with E-state index < -0.39 is 5.97 Å². The van der Waals surface area contributed by atoms with Crippen LogP contribution in [0, 0.1) is 13.8 Å². The van der Waals surface area contributed by atoms with Crippen LogP contribution in [0.1, 0.15) is 28.4 Å². The molecule has 0 heterocycles. The van der Waals surface area contributed by atoms with E-state index >= 15 is 0 Å². The fraction of sp³-hybridized carbons (Fsp3) is 0.263. The lowest BCUT2D eigenvalue weighted by Gasteiger charge is -2.15. The van der Waals surface area contributed by atoms with Gasteiger partial charge in [-0.3, -0.25) is 4.79 Å². The quantitative estimate of drug-likeness (QED) is 0.653. The van der Waals surface area contributed by atoms with E-state index in [0.717, 1.165) is 16.0 Å². The van der Waals surface area contributed by atoms with E-state index in [4.69, 9.17) is 4.74 Å². The van der Waals surface area contributed by atoms with Crippen molar-refractivity contribution in [2.45, 2.75) is 30.9 Å². The van der Waals surface area contributed by atoms with Crippen LogP contribution in [0.5, 0.6) is 0 Å². The van der Waals surface area contributed by atoms with E-state index in [0.29, 0.717) is 11.3 Å². The molecule has 126 valence electrons. The number of nitrogens with one attached hydrogen (secondary N) is 1. The van der Waals surface area contributed by atoms with Crippen molar-refractivity contribution in [1.82, 2.24) is 0 Å².